The number of ketones is 1. The molecule has 1 unspecified atom stereocenters. The molecule has 0 aliphatic heterocycles. The Labute approximate surface area is 64.4 Å². The molecule has 0 heterocycles. The van der Waals surface area contributed by atoms with Gasteiger partial charge in [0, 0.05) is 12.3 Å². The van der Waals surface area contributed by atoms with E-state index < -0.39 is 0 Å². The highest BCUT2D eigenvalue weighted by molar-refractivity contribution is 7.38. The van der Waals surface area contributed by atoms with E-state index in [0.717, 1.165) is 27.1 Å². The van der Waals surface area contributed by atoms with Gasteiger partial charge in [0.15, 0.2) is 0 Å². The van der Waals surface area contributed by atoms with Gasteiger partial charge in [-0.1, -0.05) is 6.92 Å². The predicted octanol–water partition coefficient (Wildman–Crippen LogP) is 2.05. The third-order valence-electron chi connectivity index (χ3n) is 2.35. The molecular formula is C8H15OP. The first kappa shape index (κ1) is 8.20. The van der Waals surface area contributed by atoms with E-state index in [2.05, 4.69) is 13.6 Å². The maximum Gasteiger partial charge on any atom is 0.136 e. The van der Waals surface area contributed by atoms with Gasteiger partial charge in [0.2, 0.25) is 0 Å². The molecule has 1 nitrogen and oxygen atoms in total. The minimum absolute atomic E-state index is 0.354. The Balaban J connectivity index is 2.41. The number of rotatable bonds is 1. The Morgan fingerprint density at radius 1 is 1.50 bits per heavy atom. The number of Topliss-reactive ketones (excluding diaryl/α,β-unsaturated/α-hetero) is 1. The fourth-order valence-electron chi connectivity index (χ4n) is 1.40. The third-order valence-corrected chi connectivity index (χ3v) is 3.66. The van der Waals surface area contributed by atoms with Crippen molar-refractivity contribution in [2.45, 2.75) is 31.8 Å². The lowest BCUT2D eigenvalue weighted by Crippen LogP contribution is -2.23. The van der Waals surface area contributed by atoms with Crippen LogP contribution in [-0.4, -0.2) is 18.1 Å². The minimum atomic E-state index is 0.354. The second kappa shape index (κ2) is 3.48. The first-order chi connectivity index (χ1) is 4.74. The van der Waals surface area contributed by atoms with Gasteiger partial charge in [0.1, 0.15) is 5.78 Å². The Kier molecular flexibility index (Phi) is 2.85. The molecule has 0 saturated heterocycles. The SMILES string of the molecule is CP[C@H]1CC[C@H](C)C(=O)C1. The highest BCUT2D eigenvalue weighted by Gasteiger charge is 2.23. The second-order valence-electron chi connectivity index (χ2n) is 3.13. The van der Waals surface area contributed by atoms with Crippen molar-refractivity contribution in [3.63, 3.8) is 0 Å². The van der Waals surface area contributed by atoms with Crippen LogP contribution in [0.5, 0.6) is 0 Å². The van der Waals surface area contributed by atoms with E-state index >= 15 is 0 Å². The van der Waals surface area contributed by atoms with Gasteiger partial charge in [0.25, 0.3) is 0 Å². The molecule has 0 aromatic carbocycles. The highest BCUT2D eigenvalue weighted by atomic mass is 31.1. The largest absolute Gasteiger partial charge is 0.299 e. The number of hydrogen-bond acceptors (Lipinski definition) is 1. The van der Waals surface area contributed by atoms with Gasteiger partial charge < -0.3 is 0 Å². The Bertz CT molecular complexity index is 133. The zero-order valence-electron chi connectivity index (χ0n) is 6.68. The average Bonchev–Trinajstić information content (AvgIpc) is 1.95. The summed E-state index contributed by atoms with van der Waals surface area (Å²) >= 11 is 0. The molecule has 0 spiro atoms. The molecule has 1 saturated carbocycles. The van der Waals surface area contributed by atoms with E-state index in [4.69, 9.17) is 0 Å². The molecule has 1 aliphatic carbocycles. The predicted molar refractivity (Wildman–Crippen MR) is 46.0 cm³/mol. The summed E-state index contributed by atoms with van der Waals surface area (Å²) in [6.45, 7) is 4.26. The molecule has 0 radical (unpaired) electrons. The first-order valence-electron chi connectivity index (χ1n) is 3.94. The zero-order valence-corrected chi connectivity index (χ0v) is 7.68. The van der Waals surface area contributed by atoms with Gasteiger partial charge in [-0.3, -0.25) is 4.79 Å². The molecule has 10 heavy (non-hydrogen) atoms. The summed E-state index contributed by atoms with van der Waals surface area (Å²) in [6.07, 6.45) is 3.27. The van der Waals surface area contributed by atoms with E-state index in [1.54, 1.807) is 0 Å². The minimum Gasteiger partial charge on any atom is -0.299 e. The smallest absolute Gasteiger partial charge is 0.136 e. The standard InChI is InChI=1S/C8H15OP/c1-6-3-4-7(10-2)5-8(6)9/h6-7,10H,3-5H2,1-2H3/t6-,7-/m0/s1. The summed E-state index contributed by atoms with van der Waals surface area (Å²) in [5.41, 5.74) is 0.726. The van der Waals surface area contributed by atoms with Crippen molar-refractivity contribution < 1.29 is 4.79 Å². The molecule has 58 valence electrons. The molecule has 1 aliphatic rings. The Morgan fingerprint density at radius 2 is 2.20 bits per heavy atom. The van der Waals surface area contributed by atoms with Crippen LogP contribution in [0.2, 0.25) is 0 Å². The maximum absolute atomic E-state index is 11.2. The van der Waals surface area contributed by atoms with E-state index in [0.29, 0.717) is 11.7 Å². The van der Waals surface area contributed by atoms with Crippen LogP contribution in [0.25, 0.3) is 0 Å². The second-order valence-corrected chi connectivity index (χ2v) is 4.53. The summed E-state index contributed by atoms with van der Waals surface area (Å²) in [5.74, 6) is 0.846. The van der Waals surface area contributed by atoms with Crippen molar-refractivity contribution in [3.05, 3.63) is 0 Å². The van der Waals surface area contributed by atoms with E-state index in [9.17, 15) is 4.79 Å². The van der Waals surface area contributed by atoms with Crippen molar-refractivity contribution in [2.75, 3.05) is 6.66 Å². The fraction of sp³-hybridized carbons (Fsp3) is 0.875. The summed E-state index contributed by atoms with van der Waals surface area (Å²) in [7, 11) is 0.962. The monoisotopic (exact) mass is 158 g/mol. The van der Waals surface area contributed by atoms with E-state index in [1.165, 1.54) is 6.42 Å². The van der Waals surface area contributed by atoms with Gasteiger partial charge in [-0.05, 0) is 25.2 Å². The lowest BCUT2D eigenvalue weighted by molar-refractivity contribution is -0.123. The van der Waals surface area contributed by atoms with Crippen LogP contribution in [0.3, 0.4) is 0 Å². The van der Waals surface area contributed by atoms with Crippen molar-refractivity contribution in [1.82, 2.24) is 0 Å². The van der Waals surface area contributed by atoms with Crippen LogP contribution in [0.15, 0.2) is 0 Å². The quantitative estimate of drug-likeness (QED) is 0.534. The normalized spacial score (nSPS) is 35.6. The third kappa shape index (κ3) is 1.79. The van der Waals surface area contributed by atoms with Gasteiger partial charge in [-0.15, -0.1) is 8.58 Å². The molecule has 1 rings (SSSR count). The molecule has 2 heteroatoms. The zero-order chi connectivity index (χ0) is 7.56. The maximum atomic E-state index is 11.2. The summed E-state index contributed by atoms with van der Waals surface area (Å²) < 4.78 is 0. The molecule has 0 aromatic heterocycles. The lowest BCUT2D eigenvalue weighted by Gasteiger charge is -2.23. The average molecular weight is 158 g/mol. The van der Waals surface area contributed by atoms with Crippen molar-refractivity contribution in [3.8, 4) is 0 Å². The topological polar surface area (TPSA) is 17.1 Å². The van der Waals surface area contributed by atoms with E-state index in [1.807, 2.05) is 0 Å². The first-order valence-corrected chi connectivity index (χ1v) is 5.51. The van der Waals surface area contributed by atoms with Crippen molar-refractivity contribution >= 4 is 14.4 Å². The van der Waals surface area contributed by atoms with Crippen LogP contribution in [0, 0.1) is 5.92 Å². The summed E-state index contributed by atoms with van der Waals surface area (Å²) in [6, 6.07) is 0. The summed E-state index contributed by atoms with van der Waals surface area (Å²) in [5, 5.41) is 0. The lowest BCUT2D eigenvalue weighted by atomic mass is 9.89. The number of hydrogen-bond donors (Lipinski definition) is 0. The molecular weight excluding hydrogens is 143 g/mol. The molecule has 0 aromatic rings. The van der Waals surface area contributed by atoms with Crippen LogP contribution in [0.4, 0.5) is 0 Å². The molecule has 0 amide bonds. The number of carbonyl (C=O) groups excluding carboxylic acids is 1. The fourth-order valence-corrected chi connectivity index (χ4v) is 2.27. The molecule has 3 atom stereocenters. The van der Waals surface area contributed by atoms with Gasteiger partial charge in [-0.2, -0.15) is 0 Å². The van der Waals surface area contributed by atoms with Gasteiger partial charge in [-0.25, -0.2) is 0 Å². The Morgan fingerprint density at radius 3 is 2.70 bits per heavy atom. The van der Waals surface area contributed by atoms with Crippen LogP contribution >= 0.6 is 8.58 Å². The van der Waals surface area contributed by atoms with Gasteiger partial charge >= 0.3 is 0 Å². The van der Waals surface area contributed by atoms with Gasteiger partial charge in [0.05, 0.1) is 0 Å². The van der Waals surface area contributed by atoms with Crippen LogP contribution < -0.4 is 0 Å². The van der Waals surface area contributed by atoms with E-state index in [-0.39, 0.29) is 0 Å². The van der Waals surface area contributed by atoms with Crippen molar-refractivity contribution in [1.29, 1.82) is 0 Å². The Hall–Kier alpha value is 0.100. The molecule has 1 fully saturated rings. The summed E-state index contributed by atoms with van der Waals surface area (Å²) in [4.78, 5) is 11.2. The highest BCUT2D eigenvalue weighted by Crippen LogP contribution is 2.30. The number of carbonyl (C=O) groups is 1. The molecule has 0 N–H and O–H groups in total. The molecule has 0 bridgehead atoms. The van der Waals surface area contributed by atoms with Crippen molar-refractivity contribution in [2.24, 2.45) is 5.92 Å². The van der Waals surface area contributed by atoms with Crippen LogP contribution in [0.1, 0.15) is 26.2 Å². The van der Waals surface area contributed by atoms with Crippen LogP contribution in [-0.2, 0) is 4.79 Å².